The molecule has 0 fully saturated rings. The molecule has 18 heavy (non-hydrogen) atoms. The lowest BCUT2D eigenvalue weighted by Gasteiger charge is -2.20. The van der Waals surface area contributed by atoms with Crippen LogP contribution in [-0.4, -0.2) is 27.3 Å². The Bertz CT molecular complexity index is 445. The Balaban J connectivity index is 2.81. The fourth-order valence-corrected chi connectivity index (χ4v) is 3.10. The number of sulfonamides is 1. The maximum absolute atomic E-state index is 12.1. The first-order valence-electron chi connectivity index (χ1n) is 6.22. The molecule has 0 aliphatic heterocycles. The first-order chi connectivity index (χ1) is 8.51. The molecule has 4 nitrogen and oxygen atoms in total. The van der Waals surface area contributed by atoms with Crippen molar-refractivity contribution in [2.24, 2.45) is 0 Å². The van der Waals surface area contributed by atoms with Crippen LogP contribution in [0.2, 0.25) is 0 Å². The summed E-state index contributed by atoms with van der Waals surface area (Å²) in [7, 11) is -1.54. The van der Waals surface area contributed by atoms with Gasteiger partial charge in [0.2, 0.25) is 10.0 Å². The van der Waals surface area contributed by atoms with Gasteiger partial charge in [0.1, 0.15) is 0 Å². The fraction of sp³-hybridized carbons (Fsp3) is 0.538. The van der Waals surface area contributed by atoms with Crippen LogP contribution in [0.25, 0.3) is 0 Å². The Labute approximate surface area is 110 Å². The lowest BCUT2D eigenvalue weighted by molar-refractivity contribution is 0.535. The lowest BCUT2D eigenvalue weighted by Crippen LogP contribution is -2.39. The molecule has 2 atom stereocenters. The molecule has 0 spiro atoms. The molecule has 0 radical (unpaired) electrons. The Hall–Kier alpha value is -0.910. The summed E-state index contributed by atoms with van der Waals surface area (Å²) in [5.74, 6) is 0. The van der Waals surface area contributed by atoms with Crippen LogP contribution in [0.1, 0.15) is 31.9 Å². The van der Waals surface area contributed by atoms with Crippen LogP contribution in [0.4, 0.5) is 0 Å². The standard InChI is InChI=1S/C13H22N2O2S/c1-4-13(12-8-6-5-7-9-12)15-18(16,17)11(2)10-14-3/h5-9,11,13-15H,4,10H2,1-3H3. The highest BCUT2D eigenvalue weighted by atomic mass is 32.2. The average Bonchev–Trinajstić information content (AvgIpc) is 2.37. The molecule has 0 aliphatic carbocycles. The van der Waals surface area contributed by atoms with Crippen LogP contribution < -0.4 is 10.0 Å². The zero-order chi connectivity index (χ0) is 13.6. The van der Waals surface area contributed by atoms with E-state index in [4.69, 9.17) is 0 Å². The minimum absolute atomic E-state index is 0.157. The summed E-state index contributed by atoms with van der Waals surface area (Å²) in [6.45, 7) is 4.13. The Morgan fingerprint density at radius 2 is 1.83 bits per heavy atom. The summed E-state index contributed by atoms with van der Waals surface area (Å²) < 4.78 is 27.0. The molecule has 2 unspecified atom stereocenters. The topological polar surface area (TPSA) is 58.2 Å². The third-order valence-corrected chi connectivity index (χ3v) is 4.78. The molecular weight excluding hydrogens is 248 g/mol. The Morgan fingerprint density at radius 3 is 2.33 bits per heavy atom. The van der Waals surface area contributed by atoms with E-state index in [0.717, 1.165) is 12.0 Å². The predicted octanol–water partition coefficient (Wildman–Crippen LogP) is 1.66. The van der Waals surface area contributed by atoms with Crippen molar-refractivity contribution in [1.29, 1.82) is 0 Å². The van der Waals surface area contributed by atoms with Gasteiger partial charge >= 0.3 is 0 Å². The van der Waals surface area contributed by atoms with E-state index in [-0.39, 0.29) is 6.04 Å². The predicted molar refractivity (Wildman–Crippen MR) is 74.9 cm³/mol. The largest absolute Gasteiger partial charge is 0.318 e. The normalized spacial score (nSPS) is 15.3. The summed E-state index contributed by atoms with van der Waals surface area (Å²) >= 11 is 0. The van der Waals surface area contributed by atoms with Crippen molar-refractivity contribution in [2.75, 3.05) is 13.6 Å². The second-order valence-corrected chi connectivity index (χ2v) is 6.53. The molecule has 0 saturated carbocycles. The molecule has 0 bridgehead atoms. The molecule has 2 N–H and O–H groups in total. The molecule has 1 aromatic rings. The van der Waals surface area contributed by atoms with Gasteiger partial charge in [-0.25, -0.2) is 13.1 Å². The van der Waals surface area contributed by atoms with Gasteiger partial charge in [0.15, 0.2) is 0 Å². The summed E-state index contributed by atoms with van der Waals surface area (Å²) in [5, 5.41) is 2.44. The van der Waals surface area contributed by atoms with Crippen LogP contribution in [0.3, 0.4) is 0 Å². The maximum atomic E-state index is 12.1. The molecule has 1 rings (SSSR count). The summed E-state index contributed by atoms with van der Waals surface area (Å²) in [4.78, 5) is 0. The van der Waals surface area contributed by atoms with Crippen molar-refractivity contribution in [1.82, 2.24) is 10.0 Å². The molecule has 1 aromatic carbocycles. The molecule has 0 amide bonds. The second kappa shape index (κ2) is 6.87. The van der Waals surface area contributed by atoms with Gasteiger partial charge in [-0.2, -0.15) is 0 Å². The summed E-state index contributed by atoms with van der Waals surface area (Å²) in [6.07, 6.45) is 0.732. The maximum Gasteiger partial charge on any atom is 0.216 e. The van der Waals surface area contributed by atoms with Crippen LogP contribution >= 0.6 is 0 Å². The number of hydrogen-bond acceptors (Lipinski definition) is 3. The van der Waals surface area contributed by atoms with Crippen LogP contribution in [-0.2, 0) is 10.0 Å². The van der Waals surface area contributed by atoms with Gasteiger partial charge in [0, 0.05) is 12.6 Å². The van der Waals surface area contributed by atoms with E-state index < -0.39 is 15.3 Å². The third kappa shape index (κ3) is 4.08. The van der Waals surface area contributed by atoms with E-state index in [1.807, 2.05) is 37.3 Å². The van der Waals surface area contributed by atoms with Crippen molar-refractivity contribution in [2.45, 2.75) is 31.6 Å². The van der Waals surface area contributed by atoms with Crippen LogP contribution in [0, 0.1) is 0 Å². The molecule has 0 heterocycles. The summed E-state index contributed by atoms with van der Waals surface area (Å²) in [6, 6.07) is 9.50. The third-order valence-electron chi connectivity index (χ3n) is 2.94. The van der Waals surface area contributed by atoms with Gasteiger partial charge in [-0.05, 0) is 26.0 Å². The van der Waals surface area contributed by atoms with E-state index in [1.54, 1.807) is 14.0 Å². The van der Waals surface area contributed by atoms with Crippen LogP contribution in [0.5, 0.6) is 0 Å². The first-order valence-corrected chi connectivity index (χ1v) is 7.76. The van der Waals surface area contributed by atoms with E-state index in [2.05, 4.69) is 10.0 Å². The molecular formula is C13H22N2O2S. The van der Waals surface area contributed by atoms with Gasteiger partial charge in [-0.3, -0.25) is 0 Å². The number of benzene rings is 1. The smallest absolute Gasteiger partial charge is 0.216 e. The summed E-state index contributed by atoms with van der Waals surface area (Å²) in [5.41, 5.74) is 1.00. The molecule has 102 valence electrons. The highest BCUT2D eigenvalue weighted by molar-refractivity contribution is 7.90. The Morgan fingerprint density at radius 1 is 1.22 bits per heavy atom. The number of rotatable bonds is 7. The van der Waals surface area contributed by atoms with Gasteiger partial charge in [0.25, 0.3) is 0 Å². The van der Waals surface area contributed by atoms with E-state index in [1.165, 1.54) is 0 Å². The number of nitrogens with one attached hydrogen (secondary N) is 2. The molecule has 5 heteroatoms. The Kier molecular flexibility index (Phi) is 5.78. The zero-order valence-electron chi connectivity index (χ0n) is 11.2. The minimum Gasteiger partial charge on any atom is -0.318 e. The van der Waals surface area contributed by atoms with E-state index in [0.29, 0.717) is 6.54 Å². The first kappa shape index (κ1) is 15.1. The monoisotopic (exact) mass is 270 g/mol. The fourth-order valence-electron chi connectivity index (χ4n) is 1.78. The van der Waals surface area contributed by atoms with Gasteiger partial charge < -0.3 is 5.32 Å². The molecule has 0 saturated heterocycles. The molecule has 0 aliphatic rings. The second-order valence-electron chi connectivity index (χ2n) is 4.40. The van der Waals surface area contributed by atoms with E-state index >= 15 is 0 Å². The SMILES string of the molecule is CCC(NS(=O)(=O)C(C)CNC)c1ccccc1. The van der Waals surface area contributed by atoms with Crippen molar-refractivity contribution < 1.29 is 8.42 Å². The van der Waals surface area contributed by atoms with Gasteiger partial charge in [-0.15, -0.1) is 0 Å². The minimum atomic E-state index is -3.29. The van der Waals surface area contributed by atoms with Gasteiger partial charge in [0.05, 0.1) is 5.25 Å². The van der Waals surface area contributed by atoms with Crippen LogP contribution in [0.15, 0.2) is 30.3 Å². The number of hydrogen-bond donors (Lipinski definition) is 2. The average molecular weight is 270 g/mol. The van der Waals surface area contributed by atoms with E-state index in [9.17, 15) is 8.42 Å². The highest BCUT2D eigenvalue weighted by Crippen LogP contribution is 2.18. The van der Waals surface area contributed by atoms with Crippen molar-refractivity contribution in [3.8, 4) is 0 Å². The van der Waals surface area contributed by atoms with Gasteiger partial charge in [-0.1, -0.05) is 37.3 Å². The quantitative estimate of drug-likeness (QED) is 0.792. The lowest BCUT2D eigenvalue weighted by atomic mass is 10.1. The van der Waals surface area contributed by atoms with Crippen molar-refractivity contribution >= 4 is 10.0 Å². The van der Waals surface area contributed by atoms with Crippen molar-refractivity contribution in [3.05, 3.63) is 35.9 Å². The molecule has 0 aromatic heterocycles. The van der Waals surface area contributed by atoms with Crippen molar-refractivity contribution in [3.63, 3.8) is 0 Å². The zero-order valence-corrected chi connectivity index (χ0v) is 12.0. The highest BCUT2D eigenvalue weighted by Gasteiger charge is 2.23.